The quantitative estimate of drug-likeness (QED) is 0.610. The molecule has 4 aromatic rings. The number of fused-ring (bicyclic) bond motifs is 1. The van der Waals surface area contributed by atoms with Crippen molar-refractivity contribution in [3.05, 3.63) is 101 Å². The van der Waals surface area contributed by atoms with Crippen LogP contribution in [0.1, 0.15) is 16.1 Å². The number of aromatic nitrogens is 3. The summed E-state index contributed by atoms with van der Waals surface area (Å²) < 4.78 is 1.33. The fourth-order valence-corrected chi connectivity index (χ4v) is 2.89. The van der Waals surface area contributed by atoms with Crippen LogP contribution in [0.3, 0.4) is 0 Å². The third kappa shape index (κ3) is 3.46. The lowest BCUT2D eigenvalue weighted by Crippen LogP contribution is -2.28. The fourth-order valence-electron chi connectivity index (χ4n) is 2.89. The van der Waals surface area contributed by atoms with Gasteiger partial charge in [-0.25, -0.2) is 4.68 Å². The average molecular weight is 356 g/mol. The lowest BCUT2D eigenvalue weighted by molar-refractivity contribution is 0.102. The lowest BCUT2D eigenvalue weighted by Gasteiger charge is -2.11. The molecule has 2 aromatic carbocycles. The second-order valence-corrected chi connectivity index (χ2v) is 6.03. The fraction of sp³-hybridized carbons (Fsp3) is 0.0476. The van der Waals surface area contributed by atoms with Gasteiger partial charge in [0.15, 0.2) is 5.69 Å². The van der Waals surface area contributed by atoms with Gasteiger partial charge in [-0.15, -0.1) is 0 Å². The summed E-state index contributed by atoms with van der Waals surface area (Å²) in [4.78, 5) is 29.6. The number of benzene rings is 2. The standard InChI is InChI=1S/C21H16N4O2/c26-20(23-16-10-12-22-13-11-16)19-17-8-4-5-9-18(17)21(27)25(24-19)14-15-6-2-1-3-7-15/h1-13H,14H2,(H,22,23,26). The van der Waals surface area contributed by atoms with Gasteiger partial charge in [-0.1, -0.05) is 48.5 Å². The van der Waals surface area contributed by atoms with Crippen LogP contribution < -0.4 is 10.9 Å². The molecule has 2 aromatic heterocycles. The summed E-state index contributed by atoms with van der Waals surface area (Å²) >= 11 is 0. The molecule has 0 saturated carbocycles. The molecule has 0 unspecified atom stereocenters. The Kier molecular flexibility index (Phi) is 4.45. The summed E-state index contributed by atoms with van der Waals surface area (Å²) in [6.45, 7) is 0.292. The average Bonchev–Trinajstić information content (AvgIpc) is 2.71. The van der Waals surface area contributed by atoms with Crippen LogP contribution >= 0.6 is 0 Å². The van der Waals surface area contributed by atoms with Crippen LogP contribution in [0, 0.1) is 0 Å². The number of hydrogen-bond acceptors (Lipinski definition) is 4. The van der Waals surface area contributed by atoms with Gasteiger partial charge in [0.25, 0.3) is 11.5 Å². The van der Waals surface area contributed by atoms with E-state index in [0.29, 0.717) is 23.0 Å². The van der Waals surface area contributed by atoms with E-state index >= 15 is 0 Å². The molecule has 6 nitrogen and oxygen atoms in total. The Balaban J connectivity index is 1.80. The summed E-state index contributed by atoms with van der Waals surface area (Å²) in [7, 11) is 0. The number of amides is 1. The normalized spacial score (nSPS) is 10.7. The van der Waals surface area contributed by atoms with Crippen LogP contribution in [-0.4, -0.2) is 20.7 Å². The summed E-state index contributed by atoms with van der Waals surface area (Å²) in [6, 6.07) is 19.9. The summed E-state index contributed by atoms with van der Waals surface area (Å²) in [5.74, 6) is -0.376. The highest BCUT2D eigenvalue weighted by Gasteiger charge is 2.17. The van der Waals surface area contributed by atoms with Gasteiger partial charge in [-0.3, -0.25) is 14.6 Å². The van der Waals surface area contributed by atoms with E-state index in [9.17, 15) is 9.59 Å². The van der Waals surface area contributed by atoms with Crippen molar-refractivity contribution in [3.8, 4) is 0 Å². The van der Waals surface area contributed by atoms with Crippen LogP contribution in [0.25, 0.3) is 10.8 Å². The number of carbonyl (C=O) groups is 1. The molecule has 4 rings (SSSR count). The van der Waals surface area contributed by atoms with Crippen LogP contribution in [-0.2, 0) is 6.54 Å². The summed E-state index contributed by atoms with van der Waals surface area (Å²) in [5, 5.41) is 8.16. The molecule has 0 atom stereocenters. The van der Waals surface area contributed by atoms with E-state index in [1.807, 2.05) is 30.3 Å². The first-order chi connectivity index (χ1) is 13.2. The molecule has 6 heteroatoms. The summed E-state index contributed by atoms with van der Waals surface area (Å²) in [6.07, 6.45) is 3.19. The number of carbonyl (C=O) groups excluding carboxylic acids is 1. The van der Waals surface area contributed by atoms with Crippen molar-refractivity contribution in [2.24, 2.45) is 0 Å². The first-order valence-corrected chi connectivity index (χ1v) is 8.47. The molecule has 0 radical (unpaired) electrons. The third-order valence-corrected chi connectivity index (χ3v) is 4.20. The van der Waals surface area contributed by atoms with Gasteiger partial charge in [-0.2, -0.15) is 5.10 Å². The van der Waals surface area contributed by atoms with E-state index < -0.39 is 0 Å². The second kappa shape index (κ2) is 7.21. The molecule has 0 saturated heterocycles. The Labute approximate surface area is 155 Å². The maximum absolute atomic E-state index is 12.8. The SMILES string of the molecule is O=C(Nc1ccncc1)c1nn(Cc2ccccc2)c(=O)c2ccccc12. The van der Waals surface area contributed by atoms with Crippen LogP contribution in [0.2, 0.25) is 0 Å². The molecule has 0 spiro atoms. The molecule has 0 bridgehead atoms. The molecule has 27 heavy (non-hydrogen) atoms. The molecule has 0 aliphatic rings. The third-order valence-electron chi connectivity index (χ3n) is 4.20. The molecule has 2 heterocycles. The van der Waals surface area contributed by atoms with Gasteiger partial charge in [0.05, 0.1) is 11.9 Å². The largest absolute Gasteiger partial charge is 0.320 e. The first-order valence-electron chi connectivity index (χ1n) is 8.47. The number of pyridine rings is 1. The number of hydrogen-bond donors (Lipinski definition) is 1. The van der Waals surface area contributed by atoms with Gasteiger partial charge < -0.3 is 5.32 Å². The predicted molar refractivity (Wildman–Crippen MR) is 104 cm³/mol. The van der Waals surface area contributed by atoms with E-state index in [4.69, 9.17) is 0 Å². The molecule has 0 fully saturated rings. The van der Waals surface area contributed by atoms with E-state index in [0.717, 1.165) is 5.56 Å². The highest BCUT2D eigenvalue weighted by atomic mass is 16.2. The van der Waals surface area contributed by atoms with Gasteiger partial charge in [0.1, 0.15) is 0 Å². The van der Waals surface area contributed by atoms with Gasteiger partial charge in [0, 0.05) is 23.5 Å². The molecule has 0 aliphatic heterocycles. The molecule has 1 N–H and O–H groups in total. The Morgan fingerprint density at radius 1 is 0.889 bits per heavy atom. The lowest BCUT2D eigenvalue weighted by atomic mass is 10.1. The highest BCUT2D eigenvalue weighted by molar-refractivity contribution is 6.11. The van der Waals surface area contributed by atoms with Crippen molar-refractivity contribution in [2.45, 2.75) is 6.54 Å². The summed E-state index contributed by atoms with van der Waals surface area (Å²) in [5.41, 5.74) is 1.53. The van der Waals surface area contributed by atoms with Gasteiger partial charge in [0.2, 0.25) is 0 Å². The Bertz CT molecular complexity index is 1160. The van der Waals surface area contributed by atoms with Crippen LogP contribution in [0.15, 0.2) is 83.9 Å². The first kappa shape index (κ1) is 16.7. The van der Waals surface area contributed by atoms with Crippen molar-refractivity contribution in [2.75, 3.05) is 5.32 Å². The van der Waals surface area contributed by atoms with Gasteiger partial charge >= 0.3 is 0 Å². The van der Waals surface area contributed by atoms with Crippen LogP contribution in [0.4, 0.5) is 5.69 Å². The zero-order valence-electron chi connectivity index (χ0n) is 14.4. The Morgan fingerprint density at radius 3 is 2.30 bits per heavy atom. The Morgan fingerprint density at radius 2 is 1.56 bits per heavy atom. The monoisotopic (exact) mass is 356 g/mol. The van der Waals surface area contributed by atoms with E-state index in [1.54, 1.807) is 48.8 Å². The minimum absolute atomic E-state index is 0.206. The minimum Gasteiger partial charge on any atom is -0.320 e. The van der Waals surface area contributed by atoms with Crippen molar-refractivity contribution in [3.63, 3.8) is 0 Å². The van der Waals surface area contributed by atoms with E-state index in [-0.39, 0.29) is 17.2 Å². The van der Waals surface area contributed by atoms with E-state index in [2.05, 4.69) is 15.4 Å². The van der Waals surface area contributed by atoms with Crippen molar-refractivity contribution in [1.29, 1.82) is 0 Å². The number of anilines is 1. The van der Waals surface area contributed by atoms with Crippen molar-refractivity contribution in [1.82, 2.24) is 14.8 Å². The van der Waals surface area contributed by atoms with Crippen LogP contribution in [0.5, 0.6) is 0 Å². The predicted octanol–water partition coefficient (Wildman–Crippen LogP) is 3.09. The minimum atomic E-state index is -0.376. The number of rotatable bonds is 4. The zero-order chi connectivity index (χ0) is 18.6. The number of nitrogens with zero attached hydrogens (tertiary/aromatic N) is 3. The van der Waals surface area contributed by atoms with E-state index in [1.165, 1.54) is 4.68 Å². The maximum atomic E-state index is 12.8. The molecular formula is C21H16N4O2. The molecular weight excluding hydrogens is 340 g/mol. The van der Waals surface area contributed by atoms with Crippen molar-refractivity contribution >= 4 is 22.4 Å². The van der Waals surface area contributed by atoms with Crippen molar-refractivity contribution < 1.29 is 4.79 Å². The topological polar surface area (TPSA) is 76.9 Å². The molecule has 0 aliphatic carbocycles. The second-order valence-electron chi connectivity index (χ2n) is 6.03. The Hall–Kier alpha value is -3.80. The number of nitrogens with one attached hydrogen (secondary N) is 1. The highest BCUT2D eigenvalue weighted by Crippen LogP contribution is 2.16. The molecule has 1 amide bonds. The maximum Gasteiger partial charge on any atom is 0.276 e. The zero-order valence-corrected chi connectivity index (χ0v) is 14.4. The smallest absolute Gasteiger partial charge is 0.276 e. The molecule has 132 valence electrons. The van der Waals surface area contributed by atoms with Gasteiger partial charge in [-0.05, 0) is 23.8 Å².